The number of nitrogen functional groups attached to an aromatic ring is 1. The van der Waals surface area contributed by atoms with Gasteiger partial charge >= 0.3 is 0 Å². The molecule has 2 aromatic heterocycles. The average Bonchev–Trinajstić information content (AvgIpc) is 2.74. The average molecular weight is 227 g/mol. The predicted octanol–water partition coefficient (Wildman–Crippen LogP) is 0.667. The zero-order valence-electron chi connectivity index (χ0n) is 8.79. The topological polar surface area (TPSA) is 89.1 Å². The van der Waals surface area contributed by atoms with E-state index in [-0.39, 0.29) is 11.4 Å². The summed E-state index contributed by atoms with van der Waals surface area (Å²) >= 11 is 0. The van der Waals surface area contributed by atoms with Gasteiger partial charge in [-0.1, -0.05) is 30.3 Å². The molecule has 84 valence electrons. The van der Waals surface area contributed by atoms with Crippen molar-refractivity contribution in [2.75, 3.05) is 5.73 Å². The van der Waals surface area contributed by atoms with Crippen LogP contribution in [0.4, 0.5) is 5.82 Å². The van der Waals surface area contributed by atoms with Gasteiger partial charge in [0, 0.05) is 11.6 Å². The number of nitrogens with one attached hydrogen (secondary N) is 1. The lowest BCUT2D eigenvalue weighted by molar-refractivity contribution is 0.946. The Bertz CT molecular complexity index is 728. The van der Waals surface area contributed by atoms with Crippen molar-refractivity contribution in [1.29, 1.82) is 0 Å². The molecule has 0 unspecified atom stereocenters. The lowest BCUT2D eigenvalue weighted by Crippen LogP contribution is -2.11. The Morgan fingerprint density at radius 2 is 2.00 bits per heavy atom. The van der Waals surface area contributed by atoms with Crippen molar-refractivity contribution in [3.05, 3.63) is 46.8 Å². The van der Waals surface area contributed by atoms with Gasteiger partial charge in [0.25, 0.3) is 5.56 Å². The number of hydrogen-bond donors (Lipinski definition) is 2. The Labute approximate surface area is 95.7 Å². The number of nitrogens with two attached hydrogens (primary N) is 1. The number of benzene rings is 1. The van der Waals surface area contributed by atoms with E-state index in [0.717, 1.165) is 5.56 Å². The molecule has 0 amide bonds. The largest absolute Gasteiger partial charge is 0.383 e. The molecule has 0 saturated heterocycles. The molecule has 0 saturated carbocycles. The number of rotatable bonds is 1. The molecular weight excluding hydrogens is 218 g/mol. The van der Waals surface area contributed by atoms with Crippen LogP contribution in [0.15, 0.2) is 41.2 Å². The van der Waals surface area contributed by atoms with E-state index in [1.165, 1.54) is 10.6 Å². The lowest BCUT2D eigenvalue weighted by atomic mass is 10.2. The van der Waals surface area contributed by atoms with E-state index in [9.17, 15) is 4.79 Å². The SMILES string of the molecule is Nc1cc(=O)[nH]c2nc(-c3ccccc3)nn12. The first-order chi connectivity index (χ1) is 8.24. The summed E-state index contributed by atoms with van der Waals surface area (Å²) < 4.78 is 1.41. The van der Waals surface area contributed by atoms with Crippen molar-refractivity contribution < 1.29 is 0 Å². The van der Waals surface area contributed by atoms with Gasteiger partial charge in [-0.15, -0.1) is 5.10 Å². The van der Waals surface area contributed by atoms with Crippen molar-refractivity contribution >= 4 is 11.6 Å². The van der Waals surface area contributed by atoms with Crippen LogP contribution in [0.25, 0.3) is 17.2 Å². The third-order valence-corrected chi connectivity index (χ3v) is 2.40. The van der Waals surface area contributed by atoms with Gasteiger partial charge in [0.15, 0.2) is 5.82 Å². The first-order valence-electron chi connectivity index (χ1n) is 5.05. The fourth-order valence-electron chi connectivity index (χ4n) is 1.62. The van der Waals surface area contributed by atoms with E-state index in [2.05, 4.69) is 15.1 Å². The van der Waals surface area contributed by atoms with Crippen LogP contribution in [0.5, 0.6) is 0 Å². The smallest absolute Gasteiger partial charge is 0.254 e. The monoisotopic (exact) mass is 227 g/mol. The van der Waals surface area contributed by atoms with Gasteiger partial charge in [0.1, 0.15) is 5.82 Å². The van der Waals surface area contributed by atoms with Crippen LogP contribution in [-0.4, -0.2) is 19.6 Å². The second kappa shape index (κ2) is 3.44. The van der Waals surface area contributed by atoms with E-state index in [1.54, 1.807) is 0 Å². The molecule has 6 nitrogen and oxygen atoms in total. The highest BCUT2D eigenvalue weighted by Crippen LogP contribution is 2.15. The minimum absolute atomic E-state index is 0.262. The van der Waals surface area contributed by atoms with Crippen molar-refractivity contribution in [2.45, 2.75) is 0 Å². The summed E-state index contributed by atoms with van der Waals surface area (Å²) in [4.78, 5) is 18.0. The molecule has 3 aromatic rings. The van der Waals surface area contributed by atoms with Crippen molar-refractivity contribution in [1.82, 2.24) is 19.6 Å². The minimum atomic E-state index is -0.290. The number of aromatic amines is 1. The number of fused-ring (bicyclic) bond motifs is 1. The molecule has 0 atom stereocenters. The second-order valence-electron chi connectivity index (χ2n) is 3.60. The molecule has 0 bridgehead atoms. The van der Waals surface area contributed by atoms with E-state index in [0.29, 0.717) is 11.6 Å². The normalized spacial score (nSPS) is 10.8. The van der Waals surface area contributed by atoms with Crippen LogP contribution >= 0.6 is 0 Å². The van der Waals surface area contributed by atoms with Crippen LogP contribution < -0.4 is 11.3 Å². The fraction of sp³-hybridized carbons (Fsp3) is 0. The maximum absolute atomic E-state index is 11.2. The van der Waals surface area contributed by atoms with Crippen molar-refractivity contribution in [3.63, 3.8) is 0 Å². The highest BCUT2D eigenvalue weighted by atomic mass is 16.1. The summed E-state index contributed by atoms with van der Waals surface area (Å²) in [5.74, 6) is 1.13. The van der Waals surface area contributed by atoms with Gasteiger partial charge in [-0.25, -0.2) is 0 Å². The number of aromatic nitrogens is 4. The Balaban J connectivity index is 2.27. The standard InChI is InChI=1S/C11H9N5O/c12-8-6-9(17)13-11-14-10(15-16(8)11)7-4-2-1-3-5-7/h1-6H,12H2,(H,13,14,15,17). The lowest BCUT2D eigenvalue weighted by Gasteiger charge is -1.94. The van der Waals surface area contributed by atoms with Gasteiger partial charge in [-0.3, -0.25) is 9.78 Å². The first kappa shape index (κ1) is 9.59. The third kappa shape index (κ3) is 1.55. The van der Waals surface area contributed by atoms with E-state index in [4.69, 9.17) is 5.73 Å². The van der Waals surface area contributed by atoms with Gasteiger partial charge < -0.3 is 5.73 Å². The maximum atomic E-state index is 11.2. The molecule has 17 heavy (non-hydrogen) atoms. The maximum Gasteiger partial charge on any atom is 0.254 e. The van der Waals surface area contributed by atoms with Crippen molar-refractivity contribution in [3.8, 4) is 11.4 Å². The highest BCUT2D eigenvalue weighted by Gasteiger charge is 2.08. The van der Waals surface area contributed by atoms with Gasteiger partial charge in [0.2, 0.25) is 5.78 Å². The highest BCUT2D eigenvalue weighted by molar-refractivity contribution is 5.57. The van der Waals surface area contributed by atoms with Gasteiger partial charge in [-0.05, 0) is 0 Å². The molecule has 3 N–H and O–H groups in total. The molecule has 0 radical (unpaired) electrons. The quantitative estimate of drug-likeness (QED) is 0.639. The first-order valence-corrected chi connectivity index (χ1v) is 5.05. The van der Waals surface area contributed by atoms with E-state index < -0.39 is 0 Å². The summed E-state index contributed by atoms with van der Waals surface area (Å²) in [6, 6.07) is 10.8. The van der Waals surface area contributed by atoms with E-state index >= 15 is 0 Å². The Morgan fingerprint density at radius 1 is 1.24 bits per heavy atom. The molecule has 1 aromatic carbocycles. The molecule has 2 heterocycles. The summed E-state index contributed by atoms with van der Waals surface area (Å²) in [5, 5.41) is 4.23. The van der Waals surface area contributed by atoms with Gasteiger partial charge in [-0.2, -0.15) is 9.50 Å². The molecule has 0 aliphatic heterocycles. The zero-order chi connectivity index (χ0) is 11.8. The third-order valence-electron chi connectivity index (χ3n) is 2.40. The van der Waals surface area contributed by atoms with Crippen LogP contribution in [0.3, 0.4) is 0 Å². The summed E-state index contributed by atoms with van der Waals surface area (Å²) in [6.07, 6.45) is 0. The minimum Gasteiger partial charge on any atom is -0.383 e. The van der Waals surface area contributed by atoms with Crippen molar-refractivity contribution in [2.24, 2.45) is 0 Å². The molecular formula is C11H9N5O. The number of nitrogens with zero attached hydrogens (tertiary/aromatic N) is 3. The molecule has 6 heteroatoms. The Hall–Kier alpha value is -2.63. The number of hydrogen-bond acceptors (Lipinski definition) is 4. The Kier molecular flexibility index (Phi) is 1.94. The van der Waals surface area contributed by atoms with Crippen LogP contribution in [0.2, 0.25) is 0 Å². The second-order valence-corrected chi connectivity index (χ2v) is 3.60. The molecule has 3 rings (SSSR count). The summed E-state index contributed by atoms with van der Waals surface area (Å²) in [5.41, 5.74) is 6.27. The fourth-order valence-corrected chi connectivity index (χ4v) is 1.62. The van der Waals surface area contributed by atoms with Crippen LogP contribution in [0, 0.1) is 0 Å². The molecule has 0 aliphatic rings. The molecule has 0 fully saturated rings. The van der Waals surface area contributed by atoms with Crippen LogP contribution in [0.1, 0.15) is 0 Å². The molecule has 0 spiro atoms. The van der Waals surface area contributed by atoms with E-state index in [1.807, 2.05) is 30.3 Å². The predicted molar refractivity (Wildman–Crippen MR) is 63.5 cm³/mol. The number of anilines is 1. The summed E-state index contributed by atoms with van der Waals surface area (Å²) in [7, 11) is 0. The van der Waals surface area contributed by atoms with Gasteiger partial charge in [0.05, 0.1) is 0 Å². The zero-order valence-corrected chi connectivity index (χ0v) is 8.79. The molecule has 0 aliphatic carbocycles. The number of H-pyrrole nitrogens is 1. The summed E-state index contributed by atoms with van der Waals surface area (Å²) in [6.45, 7) is 0. The Morgan fingerprint density at radius 3 is 2.76 bits per heavy atom. The van der Waals surface area contributed by atoms with Crippen LogP contribution in [-0.2, 0) is 0 Å².